The Labute approximate surface area is 159 Å². The number of aryl methyl sites for hydroxylation is 1. The Morgan fingerprint density at radius 1 is 1.36 bits per heavy atom. The Hall–Kier alpha value is -3.07. The Kier molecular flexibility index (Phi) is 4.91. The number of rotatable bonds is 5. The number of carbonyl (C=O) groups excluding carboxylic acids is 1. The van der Waals surface area contributed by atoms with Crippen LogP contribution < -0.4 is 10.9 Å². The van der Waals surface area contributed by atoms with Gasteiger partial charge in [-0.1, -0.05) is 0 Å². The van der Waals surface area contributed by atoms with Gasteiger partial charge in [0.15, 0.2) is 0 Å². The van der Waals surface area contributed by atoms with E-state index in [2.05, 4.69) is 15.5 Å². The molecule has 9 heteroatoms. The van der Waals surface area contributed by atoms with Crippen LogP contribution in [0.1, 0.15) is 18.5 Å². The first-order valence-electron chi connectivity index (χ1n) is 9.12. The molecule has 1 unspecified atom stereocenters. The summed E-state index contributed by atoms with van der Waals surface area (Å²) in [4.78, 5) is 25.2. The van der Waals surface area contributed by atoms with Gasteiger partial charge in [0.25, 0.3) is 5.56 Å². The summed E-state index contributed by atoms with van der Waals surface area (Å²) in [6, 6.07) is 5.67. The van der Waals surface area contributed by atoms with Crippen molar-refractivity contribution in [3.05, 3.63) is 52.3 Å². The van der Waals surface area contributed by atoms with Crippen LogP contribution in [0.4, 0.5) is 4.39 Å². The molecular formula is C19H20FN5O3. The number of halogens is 1. The molecule has 1 amide bonds. The molecule has 0 saturated carbocycles. The molecule has 1 saturated heterocycles. The zero-order valence-electron chi connectivity index (χ0n) is 15.4. The first-order valence-corrected chi connectivity index (χ1v) is 9.12. The van der Waals surface area contributed by atoms with E-state index in [1.165, 1.54) is 28.9 Å². The maximum absolute atomic E-state index is 13.2. The van der Waals surface area contributed by atoms with Crippen LogP contribution in [-0.4, -0.2) is 44.7 Å². The van der Waals surface area contributed by atoms with Crippen LogP contribution in [0.2, 0.25) is 0 Å². The first kappa shape index (κ1) is 18.3. The number of ether oxygens (including phenoxy) is 1. The highest BCUT2D eigenvalue weighted by Gasteiger charge is 2.19. The molecule has 1 atom stereocenters. The minimum absolute atomic E-state index is 0.0257. The lowest BCUT2D eigenvalue weighted by Crippen LogP contribution is -2.37. The SMILES string of the molecule is Cc1nn(CC(=O)NCC2CCCO2)c(=O)c2c1cnn2-c1ccc(F)cc1. The normalized spacial score (nSPS) is 16.6. The highest BCUT2D eigenvalue weighted by atomic mass is 19.1. The Morgan fingerprint density at radius 3 is 2.86 bits per heavy atom. The molecule has 3 heterocycles. The molecule has 1 aromatic carbocycles. The predicted molar refractivity (Wildman–Crippen MR) is 99.8 cm³/mol. The molecule has 0 bridgehead atoms. The van der Waals surface area contributed by atoms with Crippen LogP contribution in [0.25, 0.3) is 16.6 Å². The monoisotopic (exact) mass is 385 g/mol. The van der Waals surface area contributed by atoms with Crippen LogP contribution in [0.5, 0.6) is 0 Å². The third-order valence-corrected chi connectivity index (χ3v) is 4.78. The molecule has 1 aliphatic rings. The van der Waals surface area contributed by atoms with E-state index in [1.54, 1.807) is 13.1 Å². The van der Waals surface area contributed by atoms with Gasteiger partial charge in [0.1, 0.15) is 17.9 Å². The number of hydrogen-bond acceptors (Lipinski definition) is 5. The van der Waals surface area contributed by atoms with Crippen molar-refractivity contribution in [2.45, 2.75) is 32.4 Å². The molecule has 28 heavy (non-hydrogen) atoms. The van der Waals surface area contributed by atoms with Crippen molar-refractivity contribution in [1.29, 1.82) is 0 Å². The second-order valence-electron chi connectivity index (χ2n) is 6.78. The quantitative estimate of drug-likeness (QED) is 0.715. The van der Waals surface area contributed by atoms with E-state index in [0.29, 0.717) is 35.4 Å². The Morgan fingerprint density at radius 2 is 2.14 bits per heavy atom. The molecule has 146 valence electrons. The summed E-state index contributed by atoms with van der Waals surface area (Å²) in [6.45, 7) is 2.68. The van der Waals surface area contributed by atoms with Crippen LogP contribution in [-0.2, 0) is 16.1 Å². The van der Waals surface area contributed by atoms with Gasteiger partial charge in [-0.05, 0) is 44.0 Å². The maximum atomic E-state index is 13.2. The van der Waals surface area contributed by atoms with Crippen LogP contribution >= 0.6 is 0 Å². The molecule has 3 aromatic rings. The fraction of sp³-hybridized carbons (Fsp3) is 0.368. The van der Waals surface area contributed by atoms with Gasteiger partial charge in [0, 0.05) is 18.5 Å². The van der Waals surface area contributed by atoms with Crippen molar-refractivity contribution in [1.82, 2.24) is 24.9 Å². The lowest BCUT2D eigenvalue weighted by atomic mass is 10.2. The van der Waals surface area contributed by atoms with Gasteiger partial charge in [0.2, 0.25) is 5.91 Å². The predicted octanol–water partition coefficient (Wildman–Crippen LogP) is 1.32. The van der Waals surface area contributed by atoms with Crippen molar-refractivity contribution in [2.75, 3.05) is 13.2 Å². The van der Waals surface area contributed by atoms with E-state index in [9.17, 15) is 14.0 Å². The summed E-state index contributed by atoms with van der Waals surface area (Å²) >= 11 is 0. The van der Waals surface area contributed by atoms with Crippen LogP contribution in [0, 0.1) is 12.7 Å². The molecular weight excluding hydrogens is 365 g/mol. The Balaban J connectivity index is 1.63. The van der Waals surface area contributed by atoms with Crippen molar-refractivity contribution in [2.24, 2.45) is 0 Å². The van der Waals surface area contributed by atoms with Crippen molar-refractivity contribution >= 4 is 16.8 Å². The fourth-order valence-corrected chi connectivity index (χ4v) is 3.33. The van der Waals surface area contributed by atoms with Gasteiger partial charge in [-0.15, -0.1) is 0 Å². The maximum Gasteiger partial charge on any atom is 0.293 e. The smallest absolute Gasteiger partial charge is 0.293 e. The number of hydrogen-bond donors (Lipinski definition) is 1. The molecule has 0 spiro atoms. The molecule has 0 aliphatic carbocycles. The van der Waals surface area contributed by atoms with Gasteiger partial charge in [-0.2, -0.15) is 10.2 Å². The zero-order valence-corrected chi connectivity index (χ0v) is 15.4. The standard InChI is InChI=1S/C19H20FN5O3/c1-12-16-10-22-25(14-6-4-13(20)5-7-14)18(16)19(27)24(23-12)11-17(26)21-9-15-3-2-8-28-15/h4-7,10,15H,2-3,8-9,11H2,1H3,(H,21,26). The third-order valence-electron chi connectivity index (χ3n) is 4.78. The van der Waals surface area contributed by atoms with Crippen molar-refractivity contribution in [3.63, 3.8) is 0 Å². The highest BCUT2D eigenvalue weighted by molar-refractivity contribution is 5.82. The minimum Gasteiger partial charge on any atom is -0.376 e. The summed E-state index contributed by atoms with van der Waals surface area (Å²) in [5.74, 6) is -0.685. The molecule has 1 N–H and O–H groups in total. The molecule has 1 aliphatic heterocycles. The van der Waals surface area contributed by atoms with E-state index in [1.807, 2.05) is 0 Å². The largest absolute Gasteiger partial charge is 0.376 e. The van der Waals surface area contributed by atoms with E-state index in [-0.39, 0.29) is 24.4 Å². The topological polar surface area (TPSA) is 91.0 Å². The zero-order chi connectivity index (χ0) is 19.7. The number of fused-ring (bicyclic) bond motifs is 1. The van der Waals surface area contributed by atoms with Gasteiger partial charge in [0.05, 0.1) is 23.7 Å². The van der Waals surface area contributed by atoms with Gasteiger partial charge in [-0.3, -0.25) is 9.59 Å². The number of nitrogens with one attached hydrogen (secondary N) is 1. The summed E-state index contributed by atoms with van der Waals surface area (Å²) in [5, 5.41) is 11.9. The molecule has 4 rings (SSSR count). The third kappa shape index (κ3) is 3.53. The number of carbonyl (C=O) groups is 1. The van der Waals surface area contributed by atoms with Gasteiger partial charge in [-0.25, -0.2) is 13.8 Å². The summed E-state index contributed by atoms with van der Waals surface area (Å²) in [5.41, 5.74) is 0.990. The average molecular weight is 385 g/mol. The molecule has 1 fully saturated rings. The van der Waals surface area contributed by atoms with Crippen LogP contribution in [0.3, 0.4) is 0 Å². The molecule has 0 radical (unpaired) electrons. The first-order chi connectivity index (χ1) is 13.5. The Bertz CT molecular complexity index is 1070. The van der Waals surface area contributed by atoms with E-state index < -0.39 is 5.56 Å². The number of nitrogens with zero attached hydrogens (tertiary/aromatic N) is 4. The molecule has 8 nitrogen and oxygen atoms in total. The fourth-order valence-electron chi connectivity index (χ4n) is 3.33. The van der Waals surface area contributed by atoms with Gasteiger partial charge >= 0.3 is 0 Å². The van der Waals surface area contributed by atoms with E-state index in [4.69, 9.17) is 4.74 Å². The van der Waals surface area contributed by atoms with E-state index >= 15 is 0 Å². The average Bonchev–Trinajstić information content (AvgIpc) is 3.35. The summed E-state index contributed by atoms with van der Waals surface area (Å²) < 4.78 is 21.3. The number of benzene rings is 1. The number of amides is 1. The van der Waals surface area contributed by atoms with Crippen LogP contribution in [0.15, 0.2) is 35.3 Å². The van der Waals surface area contributed by atoms with E-state index in [0.717, 1.165) is 17.5 Å². The summed E-state index contributed by atoms with van der Waals surface area (Å²) in [6.07, 6.45) is 3.48. The van der Waals surface area contributed by atoms with Crippen molar-refractivity contribution in [3.8, 4) is 5.69 Å². The van der Waals surface area contributed by atoms with Gasteiger partial charge < -0.3 is 10.1 Å². The second-order valence-corrected chi connectivity index (χ2v) is 6.78. The lowest BCUT2D eigenvalue weighted by molar-refractivity contribution is -0.122. The minimum atomic E-state index is -0.435. The summed E-state index contributed by atoms with van der Waals surface area (Å²) in [7, 11) is 0. The second kappa shape index (κ2) is 7.51. The lowest BCUT2D eigenvalue weighted by Gasteiger charge is -2.12. The van der Waals surface area contributed by atoms with Crippen molar-refractivity contribution < 1.29 is 13.9 Å². The number of aromatic nitrogens is 4. The molecule has 2 aromatic heterocycles. The highest BCUT2D eigenvalue weighted by Crippen LogP contribution is 2.17.